The van der Waals surface area contributed by atoms with Crippen LogP contribution in [0.2, 0.25) is 0 Å². The van der Waals surface area contributed by atoms with Gasteiger partial charge in [0.05, 0.1) is 11.4 Å². The average molecular weight is 309 g/mol. The van der Waals surface area contributed by atoms with Crippen LogP contribution < -0.4 is 16.0 Å². The molecule has 2 aromatic carbocycles. The molecule has 0 aliphatic carbocycles. The summed E-state index contributed by atoms with van der Waals surface area (Å²) in [6, 6.07) is 13.3. The van der Waals surface area contributed by atoms with E-state index in [0.717, 1.165) is 22.5 Å². The smallest absolute Gasteiger partial charge is 0.251 e. The van der Waals surface area contributed by atoms with Crippen LogP contribution in [0.3, 0.4) is 0 Å². The Kier molecular flexibility index (Phi) is 4.02. The van der Waals surface area contributed by atoms with Crippen LogP contribution >= 0.6 is 0 Å². The van der Waals surface area contributed by atoms with Gasteiger partial charge in [0.2, 0.25) is 5.91 Å². The molecule has 0 radical (unpaired) electrons. The van der Waals surface area contributed by atoms with Gasteiger partial charge in [-0.25, -0.2) is 0 Å². The lowest BCUT2D eigenvalue weighted by Crippen LogP contribution is -2.19. The van der Waals surface area contributed by atoms with Gasteiger partial charge < -0.3 is 16.0 Å². The van der Waals surface area contributed by atoms with Gasteiger partial charge in [-0.1, -0.05) is 24.3 Å². The highest BCUT2D eigenvalue weighted by molar-refractivity contribution is 6.01. The summed E-state index contributed by atoms with van der Waals surface area (Å²) in [4.78, 5) is 23.7. The van der Waals surface area contributed by atoms with E-state index >= 15 is 0 Å². The van der Waals surface area contributed by atoms with E-state index in [9.17, 15) is 9.59 Å². The maximum Gasteiger partial charge on any atom is 0.251 e. The molecule has 3 rings (SSSR count). The Morgan fingerprint density at radius 3 is 2.78 bits per heavy atom. The minimum atomic E-state index is -0.122. The summed E-state index contributed by atoms with van der Waals surface area (Å²) in [6.07, 6.45) is 0.423. The van der Waals surface area contributed by atoms with Crippen molar-refractivity contribution in [2.45, 2.75) is 19.4 Å². The summed E-state index contributed by atoms with van der Waals surface area (Å²) in [6.45, 7) is 1.98. The summed E-state index contributed by atoms with van der Waals surface area (Å²) in [7, 11) is 1.61. The number of anilines is 2. The molecule has 1 unspecified atom stereocenters. The van der Waals surface area contributed by atoms with Crippen LogP contribution in [0.5, 0.6) is 0 Å². The Bertz CT molecular complexity index is 771. The number of nitrogens with one attached hydrogen (secondary N) is 3. The molecule has 2 aromatic rings. The largest absolute Gasteiger partial charge is 0.380 e. The lowest BCUT2D eigenvalue weighted by atomic mass is 9.99. The lowest BCUT2D eigenvalue weighted by molar-refractivity contribution is -0.116. The molecule has 0 saturated carbocycles. The molecule has 1 heterocycles. The number of hydrogen-bond acceptors (Lipinski definition) is 3. The second-order valence-electron chi connectivity index (χ2n) is 5.69. The predicted octanol–water partition coefficient (Wildman–Crippen LogP) is 2.86. The highest BCUT2D eigenvalue weighted by atomic mass is 16.2. The van der Waals surface area contributed by atoms with E-state index in [1.54, 1.807) is 13.1 Å². The quantitative estimate of drug-likeness (QED) is 0.799. The molecule has 3 N–H and O–H groups in total. The van der Waals surface area contributed by atoms with Crippen LogP contribution in [0.4, 0.5) is 11.4 Å². The summed E-state index contributed by atoms with van der Waals surface area (Å²) >= 11 is 0. The van der Waals surface area contributed by atoms with Crippen molar-refractivity contribution in [1.82, 2.24) is 5.32 Å². The van der Waals surface area contributed by atoms with E-state index in [0.29, 0.717) is 12.0 Å². The Hall–Kier alpha value is -2.82. The number of rotatable bonds is 2. The van der Waals surface area contributed by atoms with Crippen molar-refractivity contribution >= 4 is 23.2 Å². The topological polar surface area (TPSA) is 70.2 Å². The van der Waals surface area contributed by atoms with Crippen molar-refractivity contribution in [3.05, 3.63) is 48.0 Å². The third-order valence-electron chi connectivity index (χ3n) is 3.88. The van der Waals surface area contributed by atoms with E-state index in [1.165, 1.54) is 0 Å². The zero-order valence-electron chi connectivity index (χ0n) is 13.1. The Labute approximate surface area is 135 Å². The predicted molar refractivity (Wildman–Crippen MR) is 91.6 cm³/mol. The van der Waals surface area contributed by atoms with Gasteiger partial charge in [0.25, 0.3) is 5.91 Å². The van der Waals surface area contributed by atoms with Crippen LogP contribution in [0.25, 0.3) is 11.1 Å². The van der Waals surface area contributed by atoms with Crippen molar-refractivity contribution in [2.24, 2.45) is 0 Å². The van der Waals surface area contributed by atoms with Gasteiger partial charge in [-0.2, -0.15) is 0 Å². The minimum Gasteiger partial charge on any atom is -0.380 e. The zero-order valence-corrected chi connectivity index (χ0v) is 13.1. The Morgan fingerprint density at radius 2 is 2.00 bits per heavy atom. The molecule has 23 heavy (non-hydrogen) atoms. The van der Waals surface area contributed by atoms with Gasteiger partial charge in [-0.15, -0.1) is 0 Å². The Morgan fingerprint density at radius 1 is 1.22 bits per heavy atom. The van der Waals surface area contributed by atoms with Crippen LogP contribution in [0.15, 0.2) is 42.5 Å². The molecule has 1 atom stereocenters. The first-order chi connectivity index (χ1) is 11.1. The number of amides is 2. The summed E-state index contributed by atoms with van der Waals surface area (Å²) in [5.74, 6) is -0.122. The monoisotopic (exact) mass is 309 g/mol. The van der Waals surface area contributed by atoms with Gasteiger partial charge >= 0.3 is 0 Å². The second-order valence-corrected chi connectivity index (χ2v) is 5.69. The molecule has 0 spiro atoms. The van der Waals surface area contributed by atoms with Gasteiger partial charge in [-0.3, -0.25) is 9.59 Å². The van der Waals surface area contributed by atoms with Crippen molar-refractivity contribution < 1.29 is 9.59 Å². The molecule has 0 saturated heterocycles. The molecule has 0 aromatic heterocycles. The number of para-hydroxylation sites is 1. The van der Waals surface area contributed by atoms with E-state index in [2.05, 4.69) is 16.0 Å². The van der Waals surface area contributed by atoms with E-state index in [-0.39, 0.29) is 17.9 Å². The standard InChI is InChI=1S/C18H19N3O2/c1-11-9-16(22)21-15-8-4-7-14(17(15)20-11)12-5-3-6-13(10-12)18(23)19-2/h3-8,10-11,20H,9H2,1-2H3,(H,19,23)(H,21,22). The first kappa shape index (κ1) is 15.1. The maximum absolute atomic E-state index is 11.9. The number of carbonyl (C=O) groups excluding carboxylic acids is 2. The molecule has 118 valence electrons. The molecule has 0 fully saturated rings. The van der Waals surface area contributed by atoms with Crippen molar-refractivity contribution in [2.75, 3.05) is 17.7 Å². The number of fused-ring (bicyclic) bond motifs is 1. The Balaban J connectivity index is 2.09. The van der Waals surface area contributed by atoms with Crippen LogP contribution in [0.1, 0.15) is 23.7 Å². The van der Waals surface area contributed by atoms with Gasteiger partial charge in [-0.05, 0) is 30.7 Å². The second kappa shape index (κ2) is 6.12. The number of carbonyl (C=O) groups is 2. The van der Waals surface area contributed by atoms with Crippen molar-refractivity contribution in [1.29, 1.82) is 0 Å². The fourth-order valence-corrected chi connectivity index (χ4v) is 2.80. The lowest BCUT2D eigenvalue weighted by Gasteiger charge is -2.17. The molecule has 1 aliphatic rings. The molecule has 2 amide bonds. The van der Waals surface area contributed by atoms with E-state index in [4.69, 9.17) is 0 Å². The molecule has 1 aliphatic heterocycles. The van der Waals surface area contributed by atoms with E-state index in [1.807, 2.05) is 43.3 Å². The van der Waals surface area contributed by atoms with Crippen molar-refractivity contribution in [3.63, 3.8) is 0 Å². The zero-order chi connectivity index (χ0) is 16.4. The third-order valence-corrected chi connectivity index (χ3v) is 3.88. The maximum atomic E-state index is 11.9. The molecule has 5 heteroatoms. The fraction of sp³-hybridized carbons (Fsp3) is 0.222. The minimum absolute atomic E-state index is 0.0000106. The van der Waals surface area contributed by atoms with Crippen LogP contribution in [0, 0.1) is 0 Å². The summed E-state index contributed by atoms with van der Waals surface area (Å²) < 4.78 is 0. The number of hydrogen-bond donors (Lipinski definition) is 3. The SMILES string of the molecule is CNC(=O)c1cccc(-c2cccc3c2NC(C)CC(=O)N3)c1. The summed E-state index contributed by atoms with van der Waals surface area (Å²) in [5.41, 5.74) is 4.15. The normalized spacial score (nSPS) is 16.6. The van der Waals surface area contributed by atoms with E-state index < -0.39 is 0 Å². The van der Waals surface area contributed by atoms with Crippen molar-refractivity contribution in [3.8, 4) is 11.1 Å². The summed E-state index contributed by atoms with van der Waals surface area (Å²) in [5, 5.41) is 8.96. The van der Waals surface area contributed by atoms with Crippen LogP contribution in [-0.2, 0) is 4.79 Å². The van der Waals surface area contributed by atoms with Gasteiger partial charge in [0.15, 0.2) is 0 Å². The fourth-order valence-electron chi connectivity index (χ4n) is 2.80. The van der Waals surface area contributed by atoms with Gasteiger partial charge in [0, 0.05) is 30.6 Å². The molecular formula is C18H19N3O2. The molecular weight excluding hydrogens is 290 g/mol. The third kappa shape index (κ3) is 3.04. The van der Waals surface area contributed by atoms with Crippen LogP contribution in [-0.4, -0.2) is 24.9 Å². The molecule has 0 bridgehead atoms. The highest BCUT2D eigenvalue weighted by Crippen LogP contribution is 2.36. The first-order valence-electron chi connectivity index (χ1n) is 7.60. The first-order valence-corrected chi connectivity index (χ1v) is 7.60. The van der Waals surface area contributed by atoms with Gasteiger partial charge in [0.1, 0.15) is 0 Å². The highest BCUT2D eigenvalue weighted by Gasteiger charge is 2.20. The molecule has 5 nitrogen and oxygen atoms in total. The number of benzene rings is 2. The average Bonchev–Trinajstić information content (AvgIpc) is 2.70.